The Labute approximate surface area is 67.5 Å². The molecule has 1 unspecified atom stereocenters. The highest BCUT2D eigenvalue weighted by Crippen LogP contribution is 1.97. The zero-order valence-electron chi connectivity index (χ0n) is 6.97. The summed E-state index contributed by atoms with van der Waals surface area (Å²) in [6.07, 6.45) is 3.63. The molecule has 0 aromatic heterocycles. The molecule has 1 atom stereocenters. The number of nitrogens with zero attached hydrogens (tertiary/aromatic N) is 1. The van der Waals surface area contributed by atoms with Crippen LogP contribution in [-0.4, -0.2) is 25.0 Å². The number of β-lactam (4-membered cyclic amide) rings is 1. The van der Waals surface area contributed by atoms with E-state index in [1.165, 1.54) is 19.3 Å². The van der Waals surface area contributed by atoms with Crippen molar-refractivity contribution in [3.05, 3.63) is 0 Å². The van der Waals surface area contributed by atoms with E-state index in [-0.39, 0.29) is 11.9 Å². The van der Waals surface area contributed by atoms with E-state index in [0.29, 0.717) is 6.54 Å². The van der Waals surface area contributed by atoms with Gasteiger partial charge in [-0.15, -0.1) is 0 Å². The van der Waals surface area contributed by atoms with Crippen molar-refractivity contribution in [2.24, 2.45) is 0 Å². The monoisotopic (exact) mass is 155 g/mol. The fraction of sp³-hybridized carbons (Fsp3) is 0.875. The molecular weight excluding hydrogens is 140 g/mol. The van der Waals surface area contributed by atoms with Gasteiger partial charge in [0.05, 0.1) is 6.54 Å². The first kappa shape index (κ1) is 8.53. The third kappa shape index (κ3) is 2.50. The average Bonchev–Trinajstić information content (AvgIpc) is 2.02. The minimum Gasteiger partial charge on any atom is -0.304 e. The predicted molar refractivity (Wildman–Crippen MR) is 43.3 cm³/mol. The number of hydrogen-bond acceptors (Lipinski definition) is 2. The van der Waals surface area contributed by atoms with Gasteiger partial charge in [-0.3, -0.25) is 4.79 Å². The number of unbranched alkanes of at least 4 members (excludes halogenated alkanes) is 2. The fourth-order valence-corrected chi connectivity index (χ4v) is 1.06. The van der Waals surface area contributed by atoms with Crippen LogP contribution in [0.25, 0.3) is 0 Å². The second-order valence-electron chi connectivity index (χ2n) is 2.89. The SMILES string of the molecule is CCCCCNC1C[N]C1=O. The third-order valence-electron chi connectivity index (χ3n) is 1.90. The van der Waals surface area contributed by atoms with E-state index in [1.807, 2.05) is 0 Å². The Hall–Kier alpha value is -0.570. The minimum atomic E-state index is 0.0292. The summed E-state index contributed by atoms with van der Waals surface area (Å²) in [6.45, 7) is 3.81. The summed E-state index contributed by atoms with van der Waals surface area (Å²) in [5.74, 6) is 0.0292. The smallest absolute Gasteiger partial charge is 0.260 e. The number of hydrogen-bond donors (Lipinski definition) is 1. The van der Waals surface area contributed by atoms with Crippen LogP contribution >= 0.6 is 0 Å². The van der Waals surface area contributed by atoms with Gasteiger partial charge in [0.15, 0.2) is 0 Å². The first-order valence-electron chi connectivity index (χ1n) is 4.29. The number of amides is 1. The maximum absolute atomic E-state index is 10.7. The molecule has 1 aliphatic rings. The van der Waals surface area contributed by atoms with Crippen LogP contribution < -0.4 is 10.6 Å². The molecule has 0 aromatic carbocycles. The molecule has 1 radical (unpaired) electrons. The van der Waals surface area contributed by atoms with Gasteiger partial charge in [-0.05, 0) is 13.0 Å². The Morgan fingerprint density at radius 1 is 1.64 bits per heavy atom. The summed E-state index contributed by atoms with van der Waals surface area (Å²) in [5.41, 5.74) is 0. The van der Waals surface area contributed by atoms with Gasteiger partial charge < -0.3 is 5.32 Å². The average molecular weight is 155 g/mol. The number of nitrogens with one attached hydrogen (secondary N) is 1. The van der Waals surface area contributed by atoms with Crippen LogP contribution in [0.3, 0.4) is 0 Å². The summed E-state index contributed by atoms with van der Waals surface area (Å²) in [5, 5.41) is 6.81. The van der Waals surface area contributed by atoms with Crippen molar-refractivity contribution in [1.29, 1.82) is 0 Å². The molecule has 3 nitrogen and oxygen atoms in total. The number of carbonyl (C=O) groups is 1. The van der Waals surface area contributed by atoms with Crippen molar-refractivity contribution in [2.45, 2.75) is 32.2 Å². The van der Waals surface area contributed by atoms with E-state index in [1.54, 1.807) is 0 Å². The molecule has 0 aromatic rings. The normalized spacial score (nSPS) is 22.6. The largest absolute Gasteiger partial charge is 0.304 e. The standard InChI is InChI=1S/C8H15N2O/c1-2-3-4-5-9-7-6-10-8(7)11/h7,9H,2-6H2,1H3. The van der Waals surface area contributed by atoms with Crippen LogP contribution in [0.2, 0.25) is 0 Å². The molecule has 1 aliphatic heterocycles. The topological polar surface area (TPSA) is 43.2 Å². The summed E-state index contributed by atoms with van der Waals surface area (Å²) in [7, 11) is 0. The van der Waals surface area contributed by atoms with E-state index < -0.39 is 0 Å². The summed E-state index contributed by atoms with van der Waals surface area (Å²) in [4.78, 5) is 10.7. The fourth-order valence-electron chi connectivity index (χ4n) is 1.06. The highest BCUT2D eigenvalue weighted by molar-refractivity contribution is 5.87. The van der Waals surface area contributed by atoms with Gasteiger partial charge in [-0.25, -0.2) is 5.32 Å². The first-order chi connectivity index (χ1) is 5.34. The van der Waals surface area contributed by atoms with Gasteiger partial charge in [-0.2, -0.15) is 0 Å². The maximum atomic E-state index is 10.7. The lowest BCUT2D eigenvalue weighted by molar-refractivity contribution is -0.128. The molecule has 1 saturated heterocycles. The number of carbonyl (C=O) groups excluding carboxylic acids is 1. The van der Waals surface area contributed by atoms with Crippen LogP contribution in [0, 0.1) is 0 Å². The van der Waals surface area contributed by atoms with Crippen molar-refractivity contribution in [3.8, 4) is 0 Å². The Morgan fingerprint density at radius 2 is 2.45 bits per heavy atom. The van der Waals surface area contributed by atoms with Gasteiger partial charge >= 0.3 is 0 Å². The molecule has 11 heavy (non-hydrogen) atoms. The Balaban J connectivity index is 1.91. The van der Waals surface area contributed by atoms with Gasteiger partial charge in [0.1, 0.15) is 6.04 Å². The zero-order chi connectivity index (χ0) is 8.10. The predicted octanol–water partition coefficient (Wildman–Crippen LogP) is 0.279. The van der Waals surface area contributed by atoms with Crippen molar-refractivity contribution < 1.29 is 4.79 Å². The summed E-state index contributed by atoms with van der Waals surface area (Å²) in [6, 6.07) is 0.0480. The maximum Gasteiger partial charge on any atom is 0.260 e. The van der Waals surface area contributed by atoms with Crippen LogP contribution in [0.5, 0.6) is 0 Å². The van der Waals surface area contributed by atoms with E-state index in [9.17, 15) is 4.79 Å². The molecule has 0 saturated carbocycles. The molecule has 0 spiro atoms. The van der Waals surface area contributed by atoms with E-state index in [0.717, 1.165) is 6.54 Å². The van der Waals surface area contributed by atoms with E-state index >= 15 is 0 Å². The van der Waals surface area contributed by atoms with E-state index in [2.05, 4.69) is 17.6 Å². The summed E-state index contributed by atoms with van der Waals surface area (Å²) >= 11 is 0. The quantitative estimate of drug-likeness (QED) is 0.458. The van der Waals surface area contributed by atoms with E-state index in [4.69, 9.17) is 0 Å². The molecule has 0 aliphatic carbocycles. The van der Waals surface area contributed by atoms with Crippen LogP contribution in [-0.2, 0) is 4.79 Å². The molecule has 1 fully saturated rings. The van der Waals surface area contributed by atoms with Gasteiger partial charge in [0.25, 0.3) is 5.91 Å². The van der Waals surface area contributed by atoms with Crippen molar-refractivity contribution in [3.63, 3.8) is 0 Å². The van der Waals surface area contributed by atoms with Crippen molar-refractivity contribution >= 4 is 5.91 Å². The molecule has 0 bridgehead atoms. The highest BCUT2D eigenvalue weighted by atomic mass is 16.2. The lowest BCUT2D eigenvalue weighted by Crippen LogP contribution is -2.56. The second-order valence-corrected chi connectivity index (χ2v) is 2.89. The first-order valence-corrected chi connectivity index (χ1v) is 4.29. The molecule has 1 amide bonds. The van der Waals surface area contributed by atoms with Gasteiger partial charge in [-0.1, -0.05) is 19.8 Å². The van der Waals surface area contributed by atoms with Crippen molar-refractivity contribution in [1.82, 2.24) is 10.6 Å². The van der Waals surface area contributed by atoms with Crippen LogP contribution in [0.1, 0.15) is 26.2 Å². The second kappa shape index (κ2) is 4.34. The lowest BCUT2D eigenvalue weighted by atomic mass is 10.1. The summed E-state index contributed by atoms with van der Waals surface area (Å²) < 4.78 is 0. The molecule has 63 valence electrons. The number of rotatable bonds is 5. The van der Waals surface area contributed by atoms with Gasteiger partial charge in [0.2, 0.25) is 0 Å². The molecule has 1 rings (SSSR count). The Bertz CT molecular complexity index is 136. The molecule has 1 heterocycles. The molecule has 1 N–H and O–H groups in total. The van der Waals surface area contributed by atoms with Gasteiger partial charge in [0, 0.05) is 0 Å². The highest BCUT2D eigenvalue weighted by Gasteiger charge is 2.28. The zero-order valence-corrected chi connectivity index (χ0v) is 6.97. The molecule has 3 heteroatoms. The third-order valence-corrected chi connectivity index (χ3v) is 1.90. The van der Waals surface area contributed by atoms with Crippen LogP contribution in [0.15, 0.2) is 0 Å². The molecular formula is C8H15N2O. The van der Waals surface area contributed by atoms with Crippen LogP contribution in [0.4, 0.5) is 0 Å². The lowest BCUT2D eigenvalue weighted by Gasteiger charge is -2.24. The minimum absolute atomic E-state index is 0.0292. The Morgan fingerprint density at radius 3 is 2.91 bits per heavy atom. The van der Waals surface area contributed by atoms with Crippen molar-refractivity contribution in [2.75, 3.05) is 13.1 Å². The Kier molecular flexibility index (Phi) is 3.36.